The molecule has 0 saturated carbocycles. The Bertz CT molecular complexity index is 569. The van der Waals surface area contributed by atoms with Crippen molar-refractivity contribution in [2.24, 2.45) is 0 Å². The van der Waals surface area contributed by atoms with E-state index in [-0.39, 0.29) is 0 Å². The summed E-state index contributed by atoms with van der Waals surface area (Å²) in [7, 11) is 0. The lowest BCUT2D eigenvalue weighted by molar-refractivity contribution is 0.459. The molecule has 0 fully saturated rings. The monoisotopic (exact) mass is 289 g/mol. The second kappa shape index (κ2) is 7.30. The molecule has 0 N–H and O–H groups in total. The van der Waals surface area contributed by atoms with E-state index in [4.69, 9.17) is 16.3 Å². The Balaban J connectivity index is 2.24. The van der Waals surface area contributed by atoms with Gasteiger partial charge in [0.1, 0.15) is 5.75 Å². The Labute approximate surface area is 125 Å². The van der Waals surface area contributed by atoms with Crippen LogP contribution in [0.4, 0.5) is 0 Å². The van der Waals surface area contributed by atoms with Gasteiger partial charge in [0.15, 0.2) is 0 Å². The van der Waals surface area contributed by atoms with Gasteiger partial charge in [-0.25, -0.2) is 4.98 Å². The van der Waals surface area contributed by atoms with Crippen LogP contribution in [0.25, 0.3) is 0 Å². The first-order valence-electron chi connectivity index (χ1n) is 7.07. The van der Waals surface area contributed by atoms with Crippen molar-refractivity contribution < 1.29 is 4.74 Å². The third-order valence-electron chi connectivity index (χ3n) is 3.10. The molecule has 0 aliphatic heterocycles. The van der Waals surface area contributed by atoms with Crippen LogP contribution in [0.1, 0.15) is 37.1 Å². The lowest BCUT2D eigenvalue weighted by Crippen LogP contribution is -1.96. The lowest BCUT2D eigenvalue weighted by atomic mass is 10.1. The number of nitrogens with zero attached hydrogens (tertiary/aromatic N) is 1. The summed E-state index contributed by atoms with van der Waals surface area (Å²) in [6.07, 6.45) is 2.99. The van der Waals surface area contributed by atoms with Crippen molar-refractivity contribution in [3.8, 4) is 11.6 Å². The quantitative estimate of drug-likeness (QED) is 0.688. The second-order valence-corrected chi connectivity index (χ2v) is 5.06. The van der Waals surface area contributed by atoms with Crippen LogP contribution in [0.3, 0.4) is 0 Å². The zero-order valence-electron chi connectivity index (χ0n) is 12.0. The molecule has 106 valence electrons. The molecule has 0 radical (unpaired) electrons. The smallest absolute Gasteiger partial charge is 0.219 e. The average molecular weight is 290 g/mol. The molecular weight excluding hydrogens is 270 g/mol. The summed E-state index contributed by atoms with van der Waals surface area (Å²) in [6.45, 7) is 4.27. The Morgan fingerprint density at radius 2 is 1.95 bits per heavy atom. The molecule has 20 heavy (non-hydrogen) atoms. The zero-order chi connectivity index (χ0) is 14.4. The number of pyridine rings is 1. The molecular formula is C17H20ClNO. The van der Waals surface area contributed by atoms with Crippen molar-refractivity contribution in [2.45, 2.75) is 39.0 Å². The summed E-state index contributed by atoms with van der Waals surface area (Å²) >= 11 is 5.94. The van der Waals surface area contributed by atoms with Crippen LogP contribution >= 0.6 is 11.6 Å². The number of alkyl halides is 1. The minimum absolute atomic E-state index is 0.477. The summed E-state index contributed by atoms with van der Waals surface area (Å²) < 4.78 is 5.88. The highest BCUT2D eigenvalue weighted by Crippen LogP contribution is 2.23. The van der Waals surface area contributed by atoms with Crippen LogP contribution in [0, 0.1) is 0 Å². The van der Waals surface area contributed by atoms with E-state index in [0.717, 1.165) is 36.3 Å². The van der Waals surface area contributed by atoms with Gasteiger partial charge in [-0.05, 0) is 42.2 Å². The van der Waals surface area contributed by atoms with Gasteiger partial charge in [0, 0.05) is 17.6 Å². The fraction of sp³-hybridized carbons (Fsp3) is 0.353. The van der Waals surface area contributed by atoms with Crippen LogP contribution in [-0.4, -0.2) is 4.98 Å². The number of halogens is 1. The Kier molecular flexibility index (Phi) is 5.42. The van der Waals surface area contributed by atoms with E-state index in [9.17, 15) is 0 Å². The first-order valence-corrected chi connectivity index (χ1v) is 7.61. The lowest BCUT2D eigenvalue weighted by Gasteiger charge is -2.09. The molecule has 0 aliphatic rings. The van der Waals surface area contributed by atoms with Crippen molar-refractivity contribution in [3.05, 3.63) is 53.2 Å². The standard InChI is InChI=1S/C17H20ClNO/c1-3-6-15-9-14(12-18)11-17(19-15)20-16-8-5-7-13(4-2)10-16/h5,7-11H,3-4,6,12H2,1-2H3. The summed E-state index contributed by atoms with van der Waals surface area (Å²) in [5.41, 5.74) is 3.34. The van der Waals surface area contributed by atoms with Crippen molar-refractivity contribution in [1.82, 2.24) is 4.98 Å². The number of aryl methyl sites for hydroxylation is 2. The molecule has 0 aliphatic carbocycles. The first kappa shape index (κ1) is 14.9. The number of hydrogen-bond acceptors (Lipinski definition) is 2. The van der Waals surface area contributed by atoms with Gasteiger partial charge in [0.05, 0.1) is 0 Å². The van der Waals surface area contributed by atoms with Crippen LogP contribution in [0.2, 0.25) is 0 Å². The topological polar surface area (TPSA) is 22.1 Å². The highest BCUT2D eigenvalue weighted by molar-refractivity contribution is 6.17. The molecule has 0 bridgehead atoms. The molecule has 0 spiro atoms. The van der Waals surface area contributed by atoms with Crippen molar-refractivity contribution in [2.75, 3.05) is 0 Å². The Hall–Kier alpha value is -1.54. The summed E-state index contributed by atoms with van der Waals surface area (Å²) in [5.74, 6) is 1.93. The van der Waals surface area contributed by atoms with Gasteiger partial charge < -0.3 is 4.74 Å². The summed E-state index contributed by atoms with van der Waals surface area (Å²) in [6, 6.07) is 12.1. The molecule has 0 atom stereocenters. The normalized spacial score (nSPS) is 10.6. The van der Waals surface area contributed by atoms with E-state index in [1.54, 1.807) is 0 Å². The van der Waals surface area contributed by atoms with E-state index < -0.39 is 0 Å². The Morgan fingerprint density at radius 3 is 2.65 bits per heavy atom. The molecule has 1 aromatic heterocycles. The van der Waals surface area contributed by atoms with Crippen LogP contribution in [0.5, 0.6) is 11.6 Å². The van der Waals surface area contributed by atoms with E-state index in [1.165, 1.54) is 5.56 Å². The number of hydrogen-bond donors (Lipinski definition) is 0. The number of aromatic nitrogens is 1. The first-order chi connectivity index (χ1) is 9.75. The van der Waals surface area contributed by atoms with Crippen molar-refractivity contribution in [1.29, 1.82) is 0 Å². The average Bonchev–Trinajstić information content (AvgIpc) is 2.47. The van der Waals surface area contributed by atoms with Gasteiger partial charge in [0.25, 0.3) is 0 Å². The van der Waals surface area contributed by atoms with Gasteiger partial charge >= 0.3 is 0 Å². The van der Waals surface area contributed by atoms with Gasteiger partial charge in [0.2, 0.25) is 5.88 Å². The summed E-state index contributed by atoms with van der Waals surface area (Å²) in [4.78, 5) is 4.54. The largest absolute Gasteiger partial charge is 0.439 e. The second-order valence-electron chi connectivity index (χ2n) is 4.79. The highest BCUT2D eigenvalue weighted by atomic mass is 35.5. The maximum atomic E-state index is 5.94. The molecule has 1 aromatic carbocycles. The molecule has 2 aromatic rings. The minimum Gasteiger partial charge on any atom is -0.439 e. The molecule has 0 saturated heterocycles. The fourth-order valence-electron chi connectivity index (χ4n) is 2.08. The van der Waals surface area contributed by atoms with Gasteiger partial charge in [-0.15, -0.1) is 11.6 Å². The third-order valence-corrected chi connectivity index (χ3v) is 3.41. The van der Waals surface area contributed by atoms with E-state index in [1.807, 2.05) is 24.3 Å². The number of benzene rings is 1. The third kappa shape index (κ3) is 3.97. The van der Waals surface area contributed by atoms with E-state index in [0.29, 0.717) is 11.8 Å². The maximum Gasteiger partial charge on any atom is 0.219 e. The highest BCUT2D eigenvalue weighted by Gasteiger charge is 2.05. The van der Waals surface area contributed by atoms with Gasteiger partial charge in [-0.1, -0.05) is 32.4 Å². The van der Waals surface area contributed by atoms with E-state index in [2.05, 4.69) is 31.0 Å². The molecule has 2 rings (SSSR count). The van der Waals surface area contributed by atoms with Crippen molar-refractivity contribution >= 4 is 11.6 Å². The minimum atomic E-state index is 0.477. The predicted octanol–water partition coefficient (Wildman–Crippen LogP) is 5.13. The van der Waals surface area contributed by atoms with Crippen LogP contribution in [-0.2, 0) is 18.7 Å². The van der Waals surface area contributed by atoms with Crippen LogP contribution in [0.15, 0.2) is 36.4 Å². The molecule has 0 unspecified atom stereocenters. The predicted molar refractivity (Wildman–Crippen MR) is 83.7 cm³/mol. The van der Waals surface area contributed by atoms with Gasteiger partial charge in [-0.2, -0.15) is 0 Å². The zero-order valence-corrected chi connectivity index (χ0v) is 12.8. The molecule has 3 heteroatoms. The Morgan fingerprint density at radius 1 is 1.10 bits per heavy atom. The summed E-state index contributed by atoms with van der Waals surface area (Å²) in [5, 5.41) is 0. The van der Waals surface area contributed by atoms with E-state index >= 15 is 0 Å². The van der Waals surface area contributed by atoms with Crippen LogP contribution < -0.4 is 4.74 Å². The number of rotatable bonds is 6. The fourth-order valence-corrected chi connectivity index (χ4v) is 2.24. The molecule has 1 heterocycles. The maximum absolute atomic E-state index is 5.94. The van der Waals surface area contributed by atoms with Crippen molar-refractivity contribution in [3.63, 3.8) is 0 Å². The SMILES string of the molecule is CCCc1cc(CCl)cc(Oc2cccc(CC)c2)n1. The van der Waals surface area contributed by atoms with Gasteiger partial charge in [-0.3, -0.25) is 0 Å². The number of ether oxygens (including phenoxy) is 1. The molecule has 2 nitrogen and oxygen atoms in total. The molecule has 0 amide bonds.